The van der Waals surface area contributed by atoms with Gasteiger partial charge in [-0.15, -0.1) is 0 Å². The Kier molecular flexibility index (Phi) is 6.56. The molecule has 1 aliphatic rings. The highest BCUT2D eigenvalue weighted by molar-refractivity contribution is 7.99. The van der Waals surface area contributed by atoms with Crippen molar-refractivity contribution in [2.75, 3.05) is 11.5 Å². The monoisotopic (exact) mass is 274 g/mol. The lowest BCUT2D eigenvalue weighted by molar-refractivity contribution is -0.137. The van der Waals surface area contributed by atoms with Crippen molar-refractivity contribution in [2.24, 2.45) is 0 Å². The molecule has 1 rings (SSSR count). The van der Waals surface area contributed by atoms with Gasteiger partial charge in [-0.3, -0.25) is 14.9 Å². The third-order valence-corrected chi connectivity index (χ3v) is 3.76. The average Bonchev–Trinajstić information content (AvgIpc) is 2.29. The molecule has 6 nitrogen and oxygen atoms in total. The molecule has 7 heteroatoms. The van der Waals surface area contributed by atoms with E-state index < -0.39 is 17.9 Å². The van der Waals surface area contributed by atoms with Crippen LogP contribution in [0, 0.1) is 0 Å². The molecule has 1 aliphatic heterocycles. The van der Waals surface area contributed by atoms with Gasteiger partial charge in [0, 0.05) is 24.6 Å². The van der Waals surface area contributed by atoms with Gasteiger partial charge in [0.1, 0.15) is 0 Å². The molecule has 1 atom stereocenters. The summed E-state index contributed by atoms with van der Waals surface area (Å²) in [5.41, 5.74) is 0. The van der Waals surface area contributed by atoms with Gasteiger partial charge in [-0.25, -0.2) is 4.79 Å². The Morgan fingerprint density at radius 1 is 1.28 bits per heavy atom. The van der Waals surface area contributed by atoms with E-state index in [2.05, 4.69) is 10.6 Å². The van der Waals surface area contributed by atoms with E-state index in [1.165, 1.54) is 0 Å². The van der Waals surface area contributed by atoms with Crippen LogP contribution in [0.3, 0.4) is 0 Å². The zero-order valence-electron chi connectivity index (χ0n) is 10.1. The van der Waals surface area contributed by atoms with Crippen molar-refractivity contribution < 1.29 is 19.5 Å². The minimum absolute atomic E-state index is 0.0547. The first kappa shape index (κ1) is 14.8. The number of carbonyl (C=O) groups excluding carboxylic acids is 2. The van der Waals surface area contributed by atoms with E-state index in [0.29, 0.717) is 0 Å². The van der Waals surface area contributed by atoms with Crippen molar-refractivity contribution in [3.05, 3.63) is 0 Å². The number of amides is 3. The van der Waals surface area contributed by atoms with E-state index in [9.17, 15) is 14.4 Å². The number of carboxylic acids is 1. The minimum atomic E-state index is -0.938. The Morgan fingerprint density at radius 3 is 2.67 bits per heavy atom. The van der Waals surface area contributed by atoms with Crippen LogP contribution in [-0.4, -0.2) is 40.6 Å². The molecule has 1 heterocycles. The normalized spacial score (nSPS) is 19.0. The van der Waals surface area contributed by atoms with E-state index in [1.54, 1.807) is 11.8 Å². The maximum Gasteiger partial charge on any atom is 0.321 e. The molecule has 18 heavy (non-hydrogen) atoms. The van der Waals surface area contributed by atoms with Crippen molar-refractivity contribution in [1.82, 2.24) is 10.6 Å². The number of imide groups is 1. The van der Waals surface area contributed by atoms with Crippen LogP contribution in [0.15, 0.2) is 0 Å². The summed E-state index contributed by atoms with van der Waals surface area (Å²) in [6, 6.07) is -0.363. The van der Waals surface area contributed by atoms with Gasteiger partial charge in [0.2, 0.25) is 5.91 Å². The Hall–Kier alpha value is -1.24. The third kappa shape index (κ3) is 6.48. The molecule has 0 aromatic carbocycles. The van der Waals surface area contributed by atoms with Gasteiger partial charge in [0.15, 0.2) is 0 Å². The number of aliphatic carboxylic acids is 1. The molecule has 0 aromatic heterocycles. The van der Waals surface area contributed by atoms with E-state index in [0.717, 1.165) is 24.3 Å². The van der Waals surface area contributed by atoms with Gasteiger partial charge < -0.3 is 10.4 Å². The van der Waals surface area contributed by atoms with Crippen LogP contribution in [-0.2, 0) is 9.59 Å². The highest BCUT2D eigenvalue weighted by atomic mass is 32.2. The van der Waals surface area contributed by atoms with Crippen molar-refractivity contribution in [1.29, 1.82) is 0 Å². The quantitative estimate of drug-likeness (QED) is 0.694. The van der Waals surface area contributed by atoms with Crippen LogP contribution >= 0.6 is 11.8 Å². The number of carboxylic acid groups (broad SMARTS) is 1. The number of carbonyl (C=O) groups is 3. The largest absolute Gasteiger partial charge is 0.481 e. The maximum absolute atomic E-state index is 11.5. The van der Waals surface area contributed by atoms with Crippen molar-refractivity contribution in [3.8, 4) is 0 Å². The van der Waals surface area contributed by atoms with Gasteiger partial charge in [0.25, 0.3) is 0 Å². The first-order valence-corrected chi connectivity index (χ1v) is 7.13. The Bertz CT molecular complexity index is 316. The molecule has 0 aliphatic carbocycles. The lowest BCUT2D eigenvalue weighted by atomic mass is 10.2. The van der Waals surface area contributed by atoms with Crippen molar-refractivity contribution in [3.63, 3.8) is 0 Å². The number of rotatable bonds is 5. The fraction of sp³-hybridized carbons (Fsp3) is 0.727. The van der Waals surface area contributed by atoms with Crippen LogP contribution in [0.1, 0.15) is 32.1 Å². The molecule has 1 unspecified atom stereocenters. The molecule has 3 N–H and O–H groups in total. The van der Waals surface area contributed by atoms with Crippen molar-refractivity contribution in [2.45, 2.75) is 38.1 Å². The predicted molar refractivity (Wildman–Crippen MR) is 68.5 cm³/mol. The first-order valence-electron chi connectivity index (χ1n) is 5.98. The highest BCUT2D eigenvalue weighted by Crippen LogP contribution is 2.16. The third-order valence-electron chi connectivity index (χ3n) is 2.54. The molecule has 0 saturated carbocycles. The number of hydrogen-bond donors (Lipinski definition) is 3. The van der Waals surface area contributed by atoms with Gasteiger partial charge in [-0.2, -0.15) is 11.8 Å². The molecular weight excluding hydrogens is 256 g/mol. The molecule has 1 saturated heterocycles. The van der Waals surface area contributed by atoms with Crippen molar-refractivity contribution >= 4 is 29.7 Å². The summed E-state index contributed by atoms with van der Waals surface area (Å²) in [5.74, 6) is 0.623. The van der Waals surface area contributed by atoms with Crippen LogP contribution < -0.4 is 10.6 Å². The fourth-order valence-corrected chi connectivity index (χ4v) is 2.74. The second-order valence-corrected chi connectivity index (χ2v) is 5.33. The summed E-state index contributed by atoms with van der Waals surface area (Å²) in [7, 11) is 0. The number of hydrogen-bond acceptors (Lipinski definition) is 4. The van der Waals surface area contributed by atoms with Gasteiger partial charge >= 0.3 is 12.0 Å². The van der Waals surface area contributed by atoms with E-state index in [1.807, 2.05) is 0 Å². The average molecular weight is 274 g/mol. The molecule has 0 radical (unpaired) electrons. The summed E-state index contributed by atoms with van der Waals surface area (Å²) in [4.78, 5) is 33.0. The standard InChI is InChI=1S/C11H18N2O4S/c14-9(4-1-5-10(15)16)13-11(17)12-8-3-2-6-18-7-8/h8H,1-7H2,(H,15,16)(H2,12,13,14,17). The minimum Gasteiger partial charge on any atom is -0.481 e. The van der Waals surface area contributed by atoms with Gasteiger partial charge in [-0.1, -0.05) is 0 Å². The summed E-state index contributed by atoms with van der Waals surface area (Å²) in [5, 5.41) is 13.4. The zero-order valence-corrected chi connectivity index (χ0v) is 10.9. The van der Waals surface area contributed by atoms with Gasteiger partial charge in [0.05, 0.1) is 0 Å². The maximum atomic E-state index is 11.5. The molecule has 102 valence electrons. The van der Waals surface area contributed by atoms with Crippen LogP contribution in [0.2, 0.25) is 0 Å². The summed E-state index contributed by atoms with van der Waals surface area (Å²) in [6.07, 6.45) is 2.25. The summed E-state index contributed by atoms with van der Waals surface area (Å²) < 4.78 is 0. The molecule has 1 fully saturated rings. The predicted octanol–water partition coefficient (Wildman–Crippen LogP) is 0.963. The van der Waals surface area contributed by atoms with Crippen LogP contribution in [0.25, 0.3) is 0 Å². The number of urea groups is 1. The van der Waals surface area contributed by atoms with E-state index in [4.69, 9.17) is 5.11 Å². The zero-order chi connectivity index (χ0) is 13.4. The first-order chi connectivity index (χ1) is 8.58. The molecule has 0 bridgehead atoms. The number of thioether (sulfide) groups is 1. The molecule has 0 spiro atoms. The van der Waals surface area contributed by atoms with Crippen LogP contribution in [0.5, 0.6) is 0 Å². The second-order valence-electron chi connectivity index (χ2n) is 4.18. The molecule has 3 amide bonds. The smallest absolute Gasteiger partial charge is 0.321 e. The Morgan fingerprint density at radius 2 is 2.06 bits per heavy atom. The fourth-order valence-electron chi connectivity index (χ4n) is 1.67. The lowest BCUT2D eigenvalue weighted by Crippen LogP contribution is -2.46. The molecule has 0 aromatic rings. The molecular formula is C11H18N2O4S. The highest BCUT2D eigenvalue weighted by Gasteiger charge is 2.17. The summed E-state index contributed by atoms with van der Waals surface area (Å²) in [6.45, 7) is 0. The Labute approximate surface area is 110 Å². The lowest BCUT2D eigenvalue weighted by Gasteiger charge is -2.22. The topological polar surface area (TPSA) is 95.5 Å². The van der Waals surface area contributed by atoms with Crippen LogP contribution in [0.4, 0.5) is 4.79 Å². The van der Waals surface area contributed by atoms with E-state index in [-0.39, 0.29) is 25.3 Å². The van der Waals surface area contributed by atoms with E-state index >= 15 is 0 Å². The second kappa shape index (κ2) is 7.97. The number of nitrogens with one attached hydrogen (secondary N) is 2. The van der Waals surface area contributed by atoms with Gasteiger partial charge in [-0.05, 0) is 25.0 Å². The summed E-state index contributed by atoms with van der Waals surface area (Å²) >= 11 is 1.79. The Balaban J connectivity index is 2.14. The SMILES string of the molecule is O=C(O)CCCC(=O)NC(=O)NC1CCCSC1.